The van der Waals surface area contributed by atoms with E-state index in [2.05, 4.69) is 0 Å². The van der Waals surface area contributed by atoms with E-state index < -0.39 is 21.7 Å². The Morgan fingerprint density at radius 2 is 1.84 bits per heavy atom. The van der Waals surface area contributed by atoms with Gasteiger partial charge in [-0.25, -0.2) is 13.2 Å². The van der Waals surface area contributed by atoms with Gasteiger partial charge in [0.25, 0.3) is 0 Å². The topological polar surface area (TPSA) is 76.2 Å². The van der Waals surface area contributed by atoms with Crippen LogP contribution in [0.2, 0.25) is 0 Å². The molecule has 25 heavy (non-hydrogen) atoms. The van der Waals surface area contributed by atoms with Crippen LogP contribution in [0.25, 0.3) is 0 Å². The van der Waals surface area contributed by atoms with Crippen molar-refractivity contribution in [3.63, 3.8) is 0 Å². The van der Waals surface area contributed by atoms with Crippen molar-refractivity contribution in [1.82, 2.24) is 9.37 Å². The molecule has 1 aromatic carbocycles. The molecule has 8 heteroatoms. The largest absolute Gasteiger partial charge is 0.442 e. The first-order valence-corrected chi connectivity index (χ1v) is 9.74. The summed E-state index contributed by atoms with van der Waals surface area (Å²) >= 11 is 0. The number of hydroxylamine groups is 2. The van der Waals surface area contributed by atoms with Gasteiger partial charge in [-0.1, -0.05) is 17.7 Å². The van der Waals surface area contributed by atoms with Gasteiger partial charge in [-0.05, 0) is 39.8 Å². The number of rotatable bonds is 2. The molecule has 0 aliphatic carbocycles. The summed E-state index contributed by atoms with van der Waals surface area (Å²) in [7, 11) is -3.58. The van der Waals surface area contributed by atoms with Gasteiger partial charge in [-0.3, -0.25) is 4.84 Å². The maximum atomic E-state index is 12.8. The summed E-state index contributed by atoms with van der Waals surface area (Å²) in [5.41, 5.74) is 0.367. The van der Waals surface area contributed by atoms with Gasteiger partial charge in [0, 0.05) is 19.0 Å². The van der Waals surface area contributed by atoms with E-state index in [0.717, 1.165) is 5.56 Å². The van der Waals surface area contributed by atoms with E-state index in [1.165, 1.54) is 9.37 Å². The van der Waals surface area contributed by atoms with Crippen molar-refractivity contribution in [2.75, 3.05) is 19.7 Å². The second-order valence-corrected chi connectivity index (χ2v) is 9.50. The van der Waals surface area contributed by atoms with Crippen LogP contribution < -0.4 is 0 Å². The van der Waals surface area contributed by atoms with Crippen molar-refractivity contribution in [2.24, 2.45) is 5.92 Å². The summed E-state index contributed by atoms with van der Waals surface area (Å²) < 4.78 is 32.4. The summed E-state index contributed by atoms with van der Waals surface area (Å²) in [6, 6.07) is 6.46. The highest BCUT2D eigenvalue weighted by molar-refractivity contribution is 7.89. The van der Waals surface area contributed by atoms with E-state index in [0.29, 0.717) is 13.2 Å². The molecule has 138 valence electrons. The fraction of sp³-hybridized carbons (Fsp3) is 0.588. The molecular weight excluding hydrogens is 344 g/mol. The molecule has 0 spiro atoms. The number of aryl methyl sites for hydroxylation is 1. The molecular formula is C17H24N2O5S. The molecule has 7 nitrogen and oxygen atoms in total. The van der Waals surface area contributed by atoms with Crippen LogP contribution in [0.3, 0.4) is 0 Å². The Balaban J connectivity index is 1.75. The van der Waals surface area contributed by atoms with Crippen molar-refractivity contribution in [1.29, 1.82) is 0 Å². The van der Waals surface area contributed by atoms with E-state index in [1.54, 1.807) is 45.0 Å². The van der Waals surface area contributed by atoms with E-state index in [1.807, 2.05) is 6.92 Å². The molecule has 2 fully saturated rings. The number of sulfonamides is 1. The summed E-state index contributed by atoms with van der Waals surface area (Å²) in [6.45, 7) is 8.10. The third kappa shape index (κ3) is 3.65. The molecule has 1 aromatic rings. The lowest BCUT2D eigenvalue weighted by atomic mass is 10.1. The predicted octanol–water partition coefficient (Wildman–Crippen LogP) is 2.17. The van der Waals surface area contributed by atoms with Crippen LogP contribution >= 0.6 is 0 Å². The van der Waals surface area contributed by atoms with Crippen LogP contribution in [0.15, 0.2) is 29.2 Å². The third-order valence-electron chi connectivity index (χ3n) is 4.33. The molecule has 0 saturated carbocycles. The number of hydrogen-bond donors (Lipinski definition) is 0. The average Bonchev–Trinajstić information content (AvgIpc) is 3.05. The molecule has 0 bridgehead atoms. The minimum absolute atomic E-state index is 0.0484. The normalized spacial score (nSPS) is 24.4. The average molecular weight is 368 g/mol. The Morgan fingerprint density at radius 3 is 2.44 bits per heavy atom. The summed E-state index contributed by atoms with van der Waals surface area (Å²) in [5, 5.41) is 1.20. The van der Waals surface area contributed by atoms with Crippen LogP contribution in [-0.4, -0.2) is 55.2 Å². The molecule has 0 unspecified atom stereocenters. The third-order valence-corrected chi connectivity index (χ3v) is 6.18. The first-order chi connectivity index (χ1) is 11.6. The SMILES string of the molecule is Cc1ccc(S(=O)(=O)N2C[C@H]3CON(C(=O)OC(C)(C)C)[C@H]3C2)cc1. The fourth-order valence-electron chi connectivity index (χ4n) is 3.07. The Morgan fingerprint density at radius 1 is 1.20 bits per heavy atom. The van der Waals surface area contributed by atoms with Crippen molar-refractivity contribution >= 4 is 16.1 Å². The second-order valence-electron chi connectivity index (χ2n) is 7.56. The molecule has 2 saturated heterocycles. The first-order valence-electron chi connectivity index (χ1n) is 8.30. The maximum absolute atomic E-state index is 12.8. The van der Waals surface area contributed by atoms with Crippen molar-refractivity contribution in [2.45, 2.75) is 44.2 Å². The van der Waals surface area contributed by atoms with Gasteiger partial charge in [0.15, 0.2) is 0 Å². The van der Waals surface area contributed by atoms with E-state index >= 15 is 0 Å². The number of amides is 1. The molecule has 0 aromatic heterocycles. The van der Waals surface area contributed by atoms with Crippen LogP contribution in [0, 0.1) is 12.8 Å². The van der Waals surface area contributed by atoms with Gasteiger partial charge in [0.1, 0.15) is 5.60 Å². The number of ether oxygens (including phenoxy) is 1. The summed E-state index contributed by atoms with van der Waals surface area (Å²) in [6.07, 6.45) is -0.574. The quantitative estimate of drug-likeness (QED) is 0.800. The number of hydrogen-bond acceptors (Lipinski definition) is 5. The van der Waals surface area contributed by atoms with E-state index in [9.17, 15) is 13.2 Å². The molecule has 2 heterocycles. The van der Waals surface area contributed by atoms with E-state index in [4.69, 9.17) is 9.57 Å². The number of carbonyl (C=O) groups is 1. The summed E-state index contributed by atoms with van der Waals surface area (Å²) in [4.78, 5) is 18.0. The highest BCUT2D eigenvalue weighted by Crippen LogP contribution is 2.33. The zero-order chi connectivity index (χ0) is 18.4. The van der Waals surface area contributed by atoms with Crippen LogP contribution in [0.4, 0.5) is 4.79 Å². The number of carbonyl (C=O) groups excluding carboxylic acids is 1. The Labute approximate surface area is 148 Å². The zero-order valence-electron chi connectivity index (χ0n) is 14.9. The number of benzene rings is 1. The molecule has 2 aliphatic rings. The van der Waals surface area contributed by atoms with Gasteiger partial charge in [0.2, 0.25) is 10.0 Å². The fourth-order valence-corrected chi connectivity index (χ4v) is 4.58. The van der Waals surface area contributed by atoms with E-state index in [-0.39, 0.29) is 23.4 Å². The maximum Gasteiger partial charge on any atom is 0.434 e. The van der Waals surface area contributed by atoms with Crippen molar-refractivity contribution in [3.8, 4) is 0 Å². The number of fused-ring (bicyclic) bond motifs is 1. The molecule has 2 aliphatic heterocycles. The Kier molecular flexibility index (Phi) is 4.55. The zero-order valence-corrected chi connectivity index (χ0v) is 15.7. The van der Waals surface area contributed by atoms with Gasteiger partial charge in [-0.2, -0.15) is 9.37 Å². The molecule has 2 atom stereocenters. The lowest BCUT2D eigenvalue weighted by Gasteiger charge is -2.27. The van der Waals surface area contributed by atoms with Gasteiger partial charge < -0.3 is 4.74 Å². The Hall–Kier alpha value is -1.64. The molecule has 0 N–H and O–H groups in total. The van der Waals surface area contributed by atoms with Gasteiger partial charge in [0.05, 0.1) is 17.5 Å². The lowest BCUT2D eigenvalue weighted by molar-refractivity contribution is -0.125. The molecule has 1 amide bonds. The minimum atomic E-state index is -3.58. The van der Waals surface area contributed by atoms with Crippen molar-refractivity contribution < 1.29 is 22.8 Å². The minimum Gasteiger partial charge on any atom is -0.442 e. The van der Waals surface area contributed by atoms with Gasteiger partial charge in [-0.15, -0.1) is 0 Å². The summed E-state index contributed by atoms with van der Waals surface area (Å²) in [5.74, 6) is -0.0484. The van der Waals surface area contributed by atoms with Gasteiger partial charge >= 0.3 is 6.09 Å². The smallest absolute Gasteiger partial charge is 0.434 e. The highest BCUT2D eigenvalue weighted by Gasteiger charge is 2.49. The first kappa shape index (κ1) is 18.2. The Bertz CT molecular complexity index is 754. The lowest BCUT2D eigenvalue weighted by Crippen LogP contribution is -2.42. The monoisotopic (exact) mass is 368 g/mol. The number of nitrogens with zero attached hydrogens (tertiary/aromatic N) is 2. The standard InChI is InChI=1S/C17H24N2O5S/c1-12-5-7-14(8-6-12)25(21,22)18-9-13-11-23-19(15(13)10-18)16(20)24-17(2,3)4/h5-8,13,15H,9-11H2,1-4H3/t13-,15-/m0/s1. The molecule has 0 radical (unpaired) electrons. The molecule has 3 rings (SSSR count). The highest BCUT2D eigenvalue weighted by atomic mass is 32.2. The predicted molar refractivity (Wildman–Crippen MR) is 91.2 cm³/mol. The van der Waals surface area contributed by atoms with Crippen molar-refractivity contribution in [3.05, 3.63) is 29.8 Å². The second kappa shape index (κ2) is 6.26. The van der Waals surface area contributed by atoms with Crippen LogP contribution in [0.1, 0.15) is 26.3 Å². The van der Waals surface area contributed by atoms with Crippen LogP contribution in [-0.2, 0) is 19.6 Å². The van der Waals surface area contributed by atoms with Crippen LogP contribution in [0.5, 0.6) is 0 Å².